The zero-order valence-electron chi connectivity index (χ0n) is 11.7. The number of carbonyl (C=O) groups excluding carboxylic acids is 1. The number of para-hydroxylation sites is 2. The lowest BCUT2D eigenvalue weighted by Gasteiger charge is -2.06. The first-order valence-corrected chi connectivity index (χ1v) is 6.27. The van der Waals surface area contributed by atoms with Crippen LogP contribution in [0.3, 0.4) is 0 Å². The molecule has 0 aliphatic heterocycles. The van der Waals surface area contributed by atoms with E-state index in [1.165, 1.54) is 26.3 Å². The molecule has 0 heterocycles. The minimum Gasteiger partial charge on any atom is -0.505 e. The van der Waals surface area contributed by atoms with Crippen molar-refractivity contribution in [3.05, 3.63) is 47.5 Å². The van der Waals surface area contributed by atoms with Crippen molar-refractivity contribution in [2.45, 2.75) is 6.92 Å². The predicted octanol–water partition coefficient (Wildman–Crippen LogP) is 3.06. The Hall–Kier alpha value is -2.82. The third kappa shape index (κ3) is 3.02. The SMILES string of the molecule is COc1cccc(C=Nc2cccc(C(C)=O)c2O)c1O. The van der Waals surface area contributed by atoms with E-state index in [4.69, 9.17) is 4.74 Å². The quantitative estimate of drug-likeness (QED) is 0.668. The largest absolute Gasteiger partial charge is 0.505 e. The van der Waals surface area contributed by atoms with Crippen LogP contribution in [0.25, 0.3) is 0 Å². The minimum atomic E-state index is -0.242. The maximum Gasteiger partial charge on any atom is 0.166 e. The van der Waals surface area contributed by atoms with Crippen LogP contribution in [0.4, 0.5) is 5.69 Å². The van der Waals surface area contributed by atoms with Gasteiger partial charge in [-0.25, -0.2) is 0 Å². The first-order valence-electron chi connectivity index (χ1n) is 6.27. The van der Waals surface area contributed by atoms with Gasteiger partial charge in [0.15, 0.2) is 23.0 Å². The van der Waals surface area contributed by atoms with Crippen LogP contribution in [0.5, 0.6) is 17.2 Å². The van der Waals surface area contributed by atoms with Gasteiger partial charge in [-0.1, -0.05) is 12.1 Å². The number of ether oxygens (including phenoxy) is 1. The number of phenolic OH excluding ortho intramolecular Hbond substituents is 2. The Morgan fingerprint density at radius 2 is 1.86 bits per heavy atom. The van der Waals surface area contributed by atoms with Crippen molar-refractivity contribution < 1.29 is 19.7 Å². The van der Waals surface area contributed by atoms with E-state index in [1.807, 2.05) is 0 Å². The number of rotatable bonds is 4. The molecule has 2 rings (SSSR count). The van der Waals surface area contributed by atoms with E-state index < -0.39 is 0 Å². The van der Waals surface area contributed by atoms with Crippen molar-refractivity contribution in [2.24, 2.45) is 4.99 Å². The average Bonchev–Trinajstić information content (AvgIpc) is 2.47. The number of nitrogens with zero attached hydrogens (tertiary/aromatic N) is 1. The van der Waals surface area contributed by atoms with Crippen LogP contribution in [0.2, 0.25) is 0 Å². The van der Waals surface area contributed by atoms with Gasteiger partial charge in [0.2, 0.25) is 0 Å². The second-order valence-electron chi connectivity index (χ2n) is 4.39. The number of hydrogen-bond donors (Lipinski definition) is 2. The summed E-state index contributed by atoms with van der Waals surface area (Å²) < 4.78 is 5.01. The monoisotopic (exact) mass is 285 g/mol. The minimum absolute atomic E-state index is 0.0361. The van der Waals surface area contributed by atoms with Gasteiger partial charge in [-0.15, -0.1) is 0 Å². The van der Waals surface area contributed by atoms with Gasteiger partial charge in [0.25, 0.3) is 0 Å². The molecule has 5 heteroatoms. The molecular formula is C16H15NO4. The summed E-state index contributed by atoms with van der Waals surface area (Å²) in [5.41, 5.74) is 0.909. The van der Waals surface area contributed by atoms with Gasteiger partial charge < -0.3 is 14.9 Å². The number of ketones is 1. The van der Waals surface area contributed by atoms with E-state index in [0.29, 0.717) is 11.3 Å². The molecular weight excluding hydrogens is 270 g/mol. The summed E-state index contributed by atoms with van der Waals surface area (Å²) in [7, 11) is 1.46. The summed E-state index contributed by atoms with van der Waals surface area (Å²) in [5, 5.41) is 19.9. The highest BCUT2D eigenvalue weighted by Crippen LogP contribution is 2.32. The van der Waals surface area contributed by atoms with Crippen molar-refractivity contribution in [1.82, 2.24) is 0 Å². The lowest BCUT2D eigenvalue weighted by Crippen LogP contribution is -1.92. The highest BCUT2D eigenvalue weighted by Gasteiger charge is 2.10. The van der Waals surface area contributed by atoms with Crippen LogP contribution in [-0.2, 0) is 0 Å². The van der Waals surface area contributed by atoms with Crippen molar-refractivity contribution in [3.63, 3.8) is 0 Å². The molecule has 0 aromatic heterocycles. The smallest absolute Gasteiger partial charge is 0.166 e. The molecule has 0 spiro atoms. The maximum absolute atomic E-state index is 11.4. The number of Topliss-reactive ketones (excluding diaryl/α,β-unsaturated/α-hetero) is 1. The van der Waals surface area contributed by atoms with Crippen molar-refractivity contribution in [1.29, 1.82) is 0 Å². The second-order valence-corrected chi connectivity index (χ2v) is 4.39. The van der Waals surface area contributed by atoms with Gasteiger partial charge in [-0.3, -0.25) is 9.79 Å². The van der Waals surface area contributed by atoms with Gasteiger partial charge in [-0.2, -0.15) is 0 Å². The molecule has 0 radical (unpaired) electrons. The first-order chi connectivity index (χ1) is 10.0. The van der Waals surface area contributed by atoms with Gasteiger partial charge in [0, 0.05) is 11.8 Å². The van der Waals surface area contributed by atoms with Gasteiger partial charge in [0.05, 0.1) is 12.7 Å². The summed E-state index contributed by atoms with van der Waals surface area (Å²) >= 11 is 0. The Balaban J connectivity index is 2.39. The molecule has 0 saturated heterocycles. The predicted molar refractivity (Wildman–Crippen MR) is 80.0 cm³/mol. The van der Waals surface area contributed by atoms with Crippen LogP contribution in [0.15, 0.2) is 41.4 Å². The lowest BCUT2D eigenvalue weighted by atomic mass is 10.1. The Morgan fingerprint density at radius 1 is 1.14 bits per heavy atom. The first kappa shape index (κ1) is 14.6. The molecule has 2 aromatic rings. The molecule has 0 fully saturated rings. The Kier molecular flexibility index (Phi) is 4.23. The van der Waals surface area contributed by atoms with Crippen LogP contribution >= 0.6 is 0 Å². The summed E-state index contributed by atoms with van der Waals surface area (Å²) in [4.78, 5) is 15.5. The summed E-state index contributed by atoms with van der Waals surface area (Å²) in [6, 6.07) is 9.74. The molecule has 0 amide bonds. The molecule has 0 saturated carbocycles. The number of aliphatic imine (C=N–C) groups is 1. The standard InChI is InChI=1S/C16H15NO4/c1-10(18)12-6-4-7-13(16(12)20)17-9-11-5-3-8-14(21-2)15(11)19/h3-9,19-20H,1-2H3. The topological polar surface area (TPSA) is 79.1 Å². The molecule has 21 heavy (non-hydrogen) atoms. The molecule has 0 aliphatic rings. The summed E-state index contributed by atoms with van der Waals surface area (Å²) in [5.74, 6) is -0.121. The third-order valence-corrected chi connectivity index (χ3v) is 2.99. The number of aromatic hydroxyl groups is 2. The fourth-order valence-corrected chi connectivity index (χ4v) is 1.87. The molecule has 2 aromatic carbocycles. The van der Waals surface area contributed by atoms with Gasteiger partial charge in [0.1, 0.15) is 5.69 Å². The van der Waals surface area contributed by atoms with Crippen LogP contribution in [0.1, 0.15) is 22.8 Å². The van der Waals surface area contributed by atoms with Crippen LogP contribution in [0, 0.1) is 0 Å². The van der Waals surface area contributed by atoms with Crippen molar-refractivity contribution >= 4 is 17.7 Å². The average molecular weight is 285 g/mol. The van der Waals surface area contributed by atoms with E-state index >= 15 is 0 Å². The van der Waals surface area contributed by atoms with Crippen molar-refractivity contribution in [3.8, 4) is 17.2 Å². The summed E-state index contributed by atoms with van der Waals surface area (Å²) in [6.07, 6.45) is 1.40. The molecule has 2 N–H and O–H groups in total. The third-order valence-electron chi connectivity index (χ3n) is 2.99. The molecule has 0 unspecified atom stereocenters. The number of benzene rings is 2. The molecule has 0 bridgehead atoms. The van der Waals surface area contributed by atoms with Crippen LogP contribution in [-0.4, -0.2) is 29.3 Å². The fraction of sp³-hybridized carbons (Fsp3) is 0.125. The molecule has 5 nitrogen and oxygen atoms in total. The van der Waals surface area contributed by atoms with E-state index in [-0.39, 0.29) is 28.5 Å². The Bertz CT molecular complexity index is 707. The van der Waals surface area contributed by atoms with E-state index in [1.54, 1.807) is 30.3 Å². The number of carbonyl (C=O) groups is 1. The molecule has 0 aliphatic carbocycles. The number of phenols is 2. The van der Waals surface area contributed by atoms with Gasteiger partial charge in [-0.05, 0) is 31.2 Å². The molecule has 0 atom stereocenters. The van der Waals surface area contributed by atoms with E-state index in [9.17, 15) is 15.0 Å². The lowest BCUT2D eigenvalue weighted by molar-refractivity contribution is 0.101. The summed E-state index contributed by atoms with van der Waals surface area (Å²) in [6.45, 7) is 1.37. The number of hydrogen-bond acceptors (Lipinski definition) is 5. The van der Waals surface area contributed by atoms with Crippen LogP contribution < -0.4 is 4.74 Å². The number of methoxy groups -OCH3 is 1. The van der Waals surface area contributed by atoms with Crippen molar-refractivity contribution in [2.75, 3.05) is 7.11 Å². The zero-order chi connectivity index (χ0) is 15.4. The second kappa shape index (κ2) is 6.09. The highest BCUT2D eigenvalue weighted by atomic mass is 16.5. The van der Waals surface area contributed by atoms with E-state index in [0.717, 1.165) is 0 Å². The highest BCUT2D eigenvalue weighted by molar-refractivity contribution is 5.98. The van der Waals surface area contributed by atoms with Gasteiger partial charge >= 0.3 is 0 Å². The maximum atomic E-state index is 11.4. The Morgan fingerprint density at radius 3 is 2.52 bits per heavy atom. The fourth-order valence-electron chi connectivity index (χ4n) is 1.87. The molecule has 108 valence electrons. The zero-order valence-corrected chi connectivity index (χ0v) is 11.7. The van der Waals surface area contributed by atoms with E-state index in [2.05, 4.69) is 4.99 Å². The normalized spacial score (nSPS) is 10.8. The Labute approximate surface area is 122 Å².